The molecule has 0 unspecified atom stereocenters. The summed E-state index contributed by atoms with van der Waals surface area (Å²) in [6, 6.07) is 28.9. The number of benzene rings is 4. The van der Waals surface area contributed by atoms with Crippen molar-refractivity contribution in [2.75, 3.05) is 26.4 Å². The Labute approximate surface area is 239 Å². The molecule has 0 heterocycles. The molecular weight excluding hydrogens is 516 g/mol. The summed E-state index contributed by atoms with van der Waals surface area (Å²) in [5, 5.41) is 0. The van der Waals surface area contributed by atoms with Crippen molar-refractivity contribution in [3.05, 3.63) is 121 Å². The molecule has 6 nitrogen and oxygen atoms in total. The average molecular weight is 547 g/mol. The Bertz CT molecular complexity index is 1570. The second-order valence-corrected chi connectivity index (χ2v) is 9.37. The van der Waals surface area contributed by atoms with Crippen molar-refractivity contribution < 1.29 is 28.5 Å². The normalized spacial score (nSPS) is 11.1. The van der Waals surface area contributed by atoms with Crippen molar-refractivity contribution in [3.63, 3.8) is 0 Å². The summed E-state index contributed by atoms with van der Waals surface area (Å²) in [4.78, 5) is 22.4. The van der Waals surface area contributed by atoms with E-state index in [1.54, 1.807) is 0 Å². The minimum Gasteiger partial charge on any atom is -0.490 e. The van der Waals surface area contributed by atoms with E-state index in [1.807, 2.05) is 36.4 Å². The lowest BCUT2D eigenvalue weighted by molar-refractivity contribution is -0.139. The minimum absolute atomic E-state index is 0.160. The van der Waals surface area contributed by atoms with E-state index < -0.39 is 11.9 Å². The Hall–Kier alpha value is -5.10. The molecule has 4 aromatic carbocycles. The van der Waals surface area contributed by atoms with Crippen LogP contribution in [0.1, 0.15) is 11.1 Å². The van der Waals surface area contributed by atoms with E-state index >= 15 is 0 Å². The number of hydrogen-bond acceptors (Lipinski definition) is 6. The van der Waals surface area contributed by atoms with Crippen LogP contribution >= 0.6 is 0 Å². The molecule has 206 valence electrons. The standard InChI is InChI=1S/C35H30O6/c1-3-34(36)40-19-17-38-28-13-9-24(10-14-28)27-22-31(33-21-26-7-5-6-8-30(26)32(33)23-27)25-11-15-29(16-12-25)39-18-20-41-35(37)4-2/h3-16,22-23H,1-2,17-21H2. The lowest BCUT2D eigenvalue weighted by atomic mass is 9.91. The molecular formula is C35H30O6. The quantitative estimate of drug-likeness (QED) is 0.0973. The van der Waals surface area contributed by atoms with Crippen LogP contribution in [0.25, 0.3) is 33.4 Å². The van der Waals surface area contributed by atoms with Gasteiger partial charge in [0.1, 0.15) is 37.9 Å². The van der Waals surface area contributed by atoms with Crippen molar-refractivity contribution in [2.45, 2.75) is 6.42 Å². The van der Waals surface area contributed by atoms with Crippen LogP contribution in [0.15, 0.2) is 110 Å². The number of carbonyl (C=O) groups is 2. The highest BCUT2D eigenvalue weighted by Crippen LogP contribution is 2.44. The van der Waals surface area contributed by atoms with E-state index in [9.17, 15) is 9.59 Å². The highest BCUT2D eigenvalue weighted by molar-refractivity contribution is 5.89. The summed E-state index contributed by atoms with van der Waals surface area (Å²) in [5.41, 5.74) is 9.55. The predicted octanol–water partition coefficient (Wildman–Crippen LogP) is 6.81. The molecule has 0 bridgehead atoms. The molecule has 0 saturated carbocycles. The molecule has 6 heteroatoms. The third-order valence-corrected chi connectivity index (χ3v) is 6.80. The number of hydrogen-bond donors (Lipinski definition) is 0. The number of ether oxygens (including phenoxy) is 4. The van der Waals surface area contributed by atoms with Gasteiger partial charge >= 0.3 is 11.9 Å². The van der Waals surface area contributed by atoms with Crippen LogP contribution < -0.4 is 9.47 Å². The Morgan fingerprint density at radius 3 is 1.73 bits per heavy atom. The van der Waals surface area contributed by atoms with Crippen molar-refractivity contribution in [1.82, 2.24) is 0 Å². The molecule has 1 aliphatic rings. The molecule has 41 heavy (non-hydrogen) atoms. The number of esters is 2. The maximum Gasteiger partial charge on any atom is 0.330 e. The summed E-state index contributed by atoms with van der Waals surface area (Å²) < 4.78 is 21.4. The molecule has 0 aromatic heterocycles. The zero-order valence-corrected chi connectivity index (χ0v) is 22.6. The van der Waals surface area contributed by atoms with Gasteiger partial charge in [-0.3, -0.25) is 0 Å². The zero-order valence-electron chi connectivity index (χ0n) is 22.6. The van der Waals surface area contributed by atoms with Crippen molar-refractivity contribution in [2.24, 2.45) is 0 Å². The molecule has 5 rings (SSSR count). The fraction of sp³-hybridized carbons (Fsp3) is 0.143. The largest absolute Gasteiger partial charge is 0.490 e. The average Bonchev–Trinajstić information content (AvgIpc) is 3.40. The Morgan fingerprint density at radius 2 is 1.15 bits per heavy atom. The minimum atomic E-state index is -0.466. The van der Waals surface area contributed by atoms with Gasteiger partial charge in [0.05, 0.1) is 0 Å². The number of carbonyl (C=O) groups excluding carboxylic acids is 2. The van der Waals surface area contributed by atoms with E-state index in [0.717, 1.165) is 35.3 Å². The van der Waals surface area contributed by atoms with Crippen LogP contribution in [0.5, 0.6) is 11.5 Å². The predicted molar refractivity (Wildman–Crippen MR) is 159 cm³/mol. The van der Waals surface area contributed by atoms with Gasteiger partial charge in [0, 0.05) is 12.2 Å². The summed E-state index contributed by atoms with van der Waals surface area (Å²) in [6.07, 6.45) is 3.14. The molecule has 0 N–H and O–H groups in total. The van der Waals surface area contributed by atoms with Gasteiger partial charge in [-0.25, -0.2) is 9.59 Å². The third-order valence-electron chi connectivity index (χ3n) is 6.80. The first kappa shape index (κ1) is 27.5. The van der Waals surface area contributed by atoms with Gasteiger partial charge in [-0.1, -0.05) is 61.7 Å². The Balaban J connectivity index is 1.37. The van der Waals surface area contributed by atoms with Crippen molar-refractivity contribution in [1.29, 1.82) is 0 Å². The first-order valence-corrected chi connectivity index (χ1v) is 13.4. The number of fused-ring (bicyclic) bond motifs is 3. The Kier molecular flexibility index (Phi) is 8.60. The van der Waals surface area contributed by atoms with Crippen LogP contribution in [-0.4, -0.2) is 38.4 Å². The maximum atomic E-state index is 11.2. The van der Waals surface area contributed by atoms with Crippen LogP contribution in [0.4, 0.5) is 0 Å². The third kappa shape index (κ3) is 6.56. The van der Waals surface area contributed by atoms with E-state index in [2.05, 4.69) is 61.7 Å². The Morgan fingerprint density at radius 1 is 0.610 bits per heavy atom. The first-order chi connectivity index (χ1) is 20.1. The zero-order chi connectivity index (χ0) is 28.6. The summed E-state index contributed by atoms with van der Waals surface area (Å²) in [5.74, 6) is 0.471. The molecule has 1 aliphatic carbocycles. The summed E-state index contributed by atoms with van der Waals surface area (Å²) in [6.45, 7) is 7.61. The second-order valence-electron chi connectivity index (χ2n) is 9.37. The molecule has 0 saturated heterocycles. The van der Waals surface area contributed by atoms with E-state index in [1.165, 1.54) is 27.8 Å². The molecule has 4 aromatic rings. The smallest absolute Gasteiger partial charge is 0.330 e. The molecule has 0 fully saturated rings. The van der Waals surface area contributed by atoms with E-state index in [-0.39, 0.29) is 26.4 Å². The molecule has 0 spiro atoms. The van der Waals surface area contributed by atoms with Gasteiger partial charge in [0.15, 0.2) is 0 Å². The highest BCUT2D eigenvalue weighted by Gasteiger charge is 2.23. The topological polar surface area (TPSA) is 71.1 Å². The molecule has 0 amide bonds. The monoisotopic (exact) mass is 546 g/mol. The number of rotatable bonds is 12. The van der Waals surface area contributed by atoms with Crippen molar-refractivity contribution in [3.8, 4) is 44.9 Å². The molecule has 0 radical (unpaired) electrons. The van der Waals surface area contributed by atoms with Crippen LogP contribution in [0, 0.1) is 0 Å². The van der Waals surface area contributed by atoms with Crippen LogP contribution in [-0.2, 0) is 25.5 Å². The second kappa shape index (κ2) is 12.8. The first-order valence-electron chi connectivity index (χ1n) is 13.4. The van der Waals surface area contributed by atoms with Crippen LogP contribution in [0.3, 0.4) is 0 Å². The molecule has 0 aliphatic heterocycles. The van der Waals surface area contributed by atoms with Crippen molar-refractivity contribution >= 4 is 11.9 Å². The van der Waals surface area contributed by atoms with E-state index in [0.29, 0.717) is 11.5 Å². The fourth-order valence-corrected chi connectivity index (χ4v) is 4.85. The van der Waals surface area contributed by atoms with Gasteiger partial charge < -0.3 is 18.9 Å². The summed E-state index contributed by atoms with van der Waals surface area (Å²) in [7, 11) is 0. The van der Waals surface area contributed by atoms with Gasteiger partial charge in [0.2, 0.25) is 0 Å². The molecule has 0 atom stereocenters. The maximum absolute atomic E-state index is 11.2. The van der Waals surface area contributed by atoms with Crippen LogP contribution in [0.2, 0.25) is 0 Å². The SMILES string of the molecule is C=CC(=O)OCCOc1ccc(-c2cc(-c3ccc(OCCOC(=O)C=C)cc3)c3c(c2)-c2ccccc2C3)cc1. The lowest BCUT2D eigenvalue weighted by Crippen LogP contribution is -2.10. The van der Waals surface area contributed by atoms with Gasteiger partial charge in [0.25, 0.3) is 0 Å². The van der Waals surface area contributed by atoms with E-state index in [4.69, 9.17) is 18.9 Å². The lowest BCUT2D eigenvalue weighted by Gasteiger charge is -2.14. The highest BCUT2D eigenvalue weighted by atomic mass is 16.6. The summed E-state index contributed by atoms with van der Waals surface area (Å²) >= 11 is 0. The van der Waals surface area contributed by atoms with Gasteiger partial charge in [-0.2, -0.15) is 0 Å². The van der Waals surface area contributed by atoms with Gasteiger partial charge in [-0.15, -0.1) is 0 Å². The fourth-order valence-electron chi connectivity index (χ4n) is 4.85. The van der Waals surface area contributed by atoms with Gasteiger partial charge in [-0.05, 0) is 87.3 Å².